The van der Waals surface area contributed by atoms with Gasteiger partial charge in [-0.15, -0.1) is 0 Å². The summed E-state index contributed by atoms with van der Waals surface area (Å²) in [5.74, 6) is -0.678. The van der Waals surface area contributed by atoms with Crippen molar-refractivity contribution in [3.63, 3.8) is 0 Å². The molecule has 0 radical (unpaired) electrons. The number of anilines is 1. The molecule has 0 saturated heterocycles. The summed E-state index contributed by atoms with van der Waals surface area (Å²) < 4.78 is 0. The molecule has 2 aromatic carbocycles. The number of nitrogens with zero attached hydrogens (tertiary/aromatic N) is 1. The van der Waals surface area contributed by atoms with Gasteiger partial charge in [0.2, 0.25) is 5.91 Å². The topological polar surface area (TPSA) is 69.6 Å². The number of carbonyl (C=O) groups excluding carboxylic acids is 2. The zero-order chi connectivity index (χ0) is 18.4. The fraction of sp³-hybridized carbons (Fsp3) is 0.300. The van der Waals surface area contributed by atoms with Crippen LogP contribution in [0.4, 0.5) is 5.69 Å². The number of benzene rings is 2. The van der Waals surface area contributed by atoms with Crippen molar-refractivity contribution in [1.29, 1.82) is 0 Å². The zero-order valence-corrected chi connectivity index (χ0v) is 14.9. The van der Waals surface area contributed by atoms with Crippen LogP contribution in [0, 0.1) is 13.8 Å². The van der Waals surface area contributed by atoms with Crippen LogP contribution in [-0.4, -0.2) is 34.9 Å². The predicted molar refractivity (Wildman–Crippen MR) is 98.8 cm³/mol. The number of hydrogen-bond acceptors (Lipinski definition) is 3. The Morgan fingerprint density at radius 3 is 2.52 bits per heavy atom. The van der Waals surface area contributed by atoms with Crippen LogP contribution in [0.25, 0.3) is 0 Å². The molecule has 5 heteroatoms. The fourth-order valence-corrected chi connectivity index (χ4v) is 2.59. The molecule has 0 aliphatic rings. The second-order valence-corrected chi connectivity index (χ2v) is 6.11. The molecule has 0 saturated carbocycles. The Labute approximate surface area is 148 Å². The lowest BCUT2D eigenvalue weighted by atomic mass is 10.1. The van der Waals surface area contributed by atoms with E-state index >= 15 is 0 Å². The van der Waals surface area contributed by atoms with Gasteiger partial charge in [0.1, 0.15) is 12.3 Å². The number of aryl methyl sites for hydroxylation is 2. The molecule has 0 spiro atoms. The van der Waals surface area contributed by atoms with Gasteiger partial charge in [-0.2, -0.15) is 0 Å². The van der Waals surface area contributed by atoms with Crippen molar-refractivity contribution < 1.29 is 14.7 Å². The zero-order valence-electron chi connectivity index (χ0n) is 14.9. The van der Waals surface area contributed by atoms with Gasteiger partial charge in [0.15, 0.2) is 0 Å². The molecule has 0 heterocycles. The number of phenolic OH excluding ortho intramolecular Hbond substituents is 1. The number of aromatic hydroxyl groups is 1. The van der Waals surface area contributed by atoms with E-state index in [1.54, 1.807) is 12.1 Å². The maximum atomic E-state index is 12.7. The quantitative estimate of drug-likeness (QED) is 0.845. The molecular weight excluding hydrogens is 316 g/mol. The number of para-hydroxylation sites is 1. The lowest BCUT2D eigenvalue weighted by molar-refractivity contribution is -0.116. The van der Waals surface area contributed by atoms with Crippen LogP contribution in [0.2, 0.25) is 0 Å². The Balaban J connectivity index is 2.14. The molecule has 2 rings (SSSR count). The molecule has 2 N–H and O–H groups in total. The molecule has 132 valence electrons. The Morgan fingerprint density at radius 1 is 1.12 bits per heavy atom. The third kappa shape index (κ3) is 4.83. The van der Waals surface area contributed by atoms with Gasteiger partial charge in [-0.3, -0.25) is 9.59 Å². The molecule has 0 aliphatic heterocycles. The maximum absolute atomic E-state index is 12.7. The lowest BCUT2D eigenvalue weighted by Gasteiger charge is -2.22. The number of nitrogens with one attached hydrogen (secondary N) is 1. The van der Waals surface area contributed by atoms with Gasteiger partial charge in [0.25, 0.3) is 5.91 Å². The van der Waals surface area contributed by atoms with Crippen LogP contribution in [0.1, 0.15) is 34.8 Å². The number of phenols is 1. The summed E-state index contributed by atoms with van der Waals surface area (Å²) in [5.41, 5.74) is 2.79. The minimum Gasteiger partial charge on any atom is -0.507 e. The van der Waals surface area contributed by atoms with Crippen LogP contribution in [-0.2, 0) is 4.79 Å². The Morgan fingerprint density at radius 2 is 1.84 bits per heavy atom. The number of rotatable bonds is 6. The summed E-state index contributed by atoms with van der Waals surface area (Å²) in [5, 5.41) is 12.8. The summed E-state index contributed by atoms with van der Waals surface area (Å²) in [6.07, 6.45) is 0.718. The largest absolute Gasteiger partial charge is 0.507 e. The first kappa shape index (κ1) is 18.5. The van der Waals surface area contributed by atoms with Gasteiger partial charge in [-0.1, -0.05) is 36.8 Å². The lowest BCUT2D eigenvalue weighted by Crippen LogP contribution is -2.38. The van der Waals surface area contributed by atoms with Gasteiger partial charge >= 0.3 is 0 Å². The van der Waals surface area contributed by atoms with E-state index in [2.05, 4.69) is 5.32 Å². The van der Waals surface area contributed by atoms with Crippen LogP contribution >= 0.6 is 0 Å². The van der Waals surface area contributed by atoms with Crippen LogP contribution in [0.15, 0.2) is 42.5 Å². The molecule has 0 aliphatic carbocycles. The summed E-state index contributed by atoms with van der Waals surface area (Å²) in [6, 6.07) is 12.4. The highest BCUT2D eigenvalue weighted by Gasteiger charge is 2.21. The second kappa shape index (κ2) is 8.33. The molecule has 2 aromatic rings. The molecule has 5 nitrogen and oxygen atoms in total. The highest BCUT2D eigenvalue weighted by molar-refractivity contribution is 6.01. The second-order valence-electron chi connectivity index (χ2n) is 6.11. The number of carbonyl (C=O) groups is 2. The number of hydrogen-bond donors (Lipinski definition) is 2. The van der Waals surface area contributed by atoms with E-state index in [4.69, 9.17) is 0 Å². The Bertz CT molecular complexity index is 771. The fourth-order valence-electron chi connectivity index (χ4n) is 2.59. The average Bonchev–Trinajstić information content (AvgIpc) is 2.58. The molecule has 25 heavy (non-hydrogen) atoms. The van der Waals surface area contributed by atoms with E-state index in [1.807, 2.05) is 45.0 Å². The number of amides is 2. The molecule has 0 fully saturated rings. The van der Waals surface area contributed by atoms with Gasteiger partial charge in [0.05, 0.1) is 5.56 Å². The minimum absolute atomic E-state index is 0.0611. The molecule has 0 bridgehead atoms. The van der Waals surface area contributed by atoms with E-state index in [0.29, 0.717) is 6.54 Å². The third-order valence-electron chi connectivity index (χ3n) is 3.92. The summed E-state index contributed by atoms with van der Waals surface area (Å²) in [6.45, 7) is 6.08. The minimum atomic E-state index is -0.344. The van der Waals surface area contributed by atoms with Crippen molar-refractivity contribution in [3.8, 4) is 5.75 Å². The smallest absolute Gasteiger partial charge is 0.258 e. The van der Waals surface area contributed by atoms with E-state index < -0.39 is 0 Å². The first-order valence-electron chi connectivity index (χ1n) is 8.36. The standard InChI is InChI=1S/C20H24N2O3/c1-4-11-22(20(25)16-12-14(2)9-10-18(16)23)13-19(24)21-17-8-6-5-7-15(17)3/h5-10,12,23H,4,11,13H2,1-3H3,(H,21,24). The first-order chi connectivity index (χ1) is 11.9. The van der Waals surface area contributed by atoms with E-state index in [1.165, 1.54) is 11.0 Å². The summed E-state index contributed by atoms with van der Waals surface area (Å²) >= 11 is 0. The van der Waals surface area contributed by atoms with E-state index in [-0.39, 0.29) is 29.7 Å². The highest BCUT2D eigenvalue weighted by Crippen LogP contribution is 2.20. The maximum Gasteiger partial charge on any atom is 0.258 e. The van der Waals surface area contributed by atoms with Crippen molar-refractivity contribution in [1.82, 2.24) is 4.90 Å². The van der Waals surface area contributed by atoms with Gasteiger partial charge in [-0.25, -0.2) is 0 Å². The predicted octanol–water partition coefficient (Wildman–Crippen LogP) is 3.50. The van der Waals surface area contributed by atoms with Gasteiger partial charge in [-0.05, 0) is 44.0 Å². The van der Waals surface area contributed by atoms with Crippen LogP contribution < -0.4 is 5.32 Å². The SMILES string of the molecule is CCCN(CC(=O)Nc1ccccc1C)C(=O)c1cc(C)ccc1O. The first-order valence-corrected chi connectivity index (χ1v) is 8.36. The van der Waals surface area contributed by atoms with Crippen molar-refractivity contribution in [2.24, 2.45) is 0 Å². The third-order valence-corrected chi connectivity index (χ3v) is 3.92. The van der Waals surface area contributed by atoms with Gasteiger partial charge in [0, 0.05) is 12.2 Å². The monoisotopic (exact) mass is 340 g/mol. The highest BCUT2D eigenvalue weighted by atomic mass is 16.3. The van der Waals surface area contributed by atoms with Crippen LogP contribution in [0.5, 0.6) is 5.75 Å². The normalized spacial score (nSPS) is 10.4. The van der Waals surface area contributed by atoms with Gasteiger partial charge < -0.3 is 15.3 Å². The summed E-state index contributed by atoms with van der Waals surface area (Å²) in [7, 11) is 0. The van der Waals surface area contributed by atoms with Crippen molar-refractivity contribution in [3.05, 3.63) is 59.2 Å². The van der Waals surface area contributed by atoms with Crippen molar-refractivity contribution in [2.45, 2.75) is 27.2 Å². The molecule has 0 atom stereocenters. The van der Waals surface area contributed by atoms with Crippen molar-refractivity contribution in [2.75, 3.05) is 18.4 Å². The van der Waals surface area contributed by atoms with E-state index in [0.717, 1.165) is 23.2 Å². The Kier molecular flexibility index (Phi) is 6.17. The average molecular weight is 340 g/mol. The molecule has 2 amide bonds. The summed E-state index contributed by atoms with van der Waals surface area (Å²) in [4.78, 5) is 26.6. The Hall–Kier alpha value is -2.82. The van der Waals surface area contributed by atoms with Crippen molar-refractivity contribution >= 4 is 17.5 Å². The molecule has 0 aromatic heterocycles. The van der Waals surface area contributed by atoms with Crippen LogP contribution in [0.3, 0.4) is 0 Å². The van der Waals surface area contributed by atoms with E-state index in [9.17, 15) is 14.7 Å². The molecular formula is C20H24N2O3. The molecule has 0 unspecified atom stereocenters.